The van der Waals surface area contributed by atoms with Gasteiger partial charge in [0.25, 0.3) is 0 Å². The van der Waals surface area contributed by atoms with Gasteiger partial charge in [0.15, 0.2) is 0 Å². The lowest BCUT2D eigenvalue weighted by atomic mass is 9.73. The van der Waals surface area contributed by atoms with Gasteiger partial charge in [0.1, 0.15) is 0 Å². The van der Waals surface area contributed by atoms with Crippen molar-refractivity contribution in [3.63, 3.8) is 0 Å². The number of nitrogens with two attached hydrogens (primary N) is 1. The molecule has 2 rings (SSSR count). The van der Waals surface area contributed by atoms with Gasteiger partial charge >= 0.3 is 0 Å². The Morgan fingerprint density at radius 3 is 2.33 bits per heavy atom. The van der Waals surface area contributed by atoms with Gasteiger partial charge in [-0.05, 0) is 62.6 Å². The molecule has 0 aliphatic heterocycles. The summed E-state index contributed by atoms with van der Waals surface area (Å²) in [6, 6.07) is 8.63. The average Bonchev–Trinajstić information content (AvgIpc) is 2.47. The summed E-state index contributed by atoms with van der Waals surface area (Å²) in [5.41, 5.74) is 1.36. The monoisotopic (exact) mass is 371 g/mol. The molecule has 0 bridgehead atoms. The summed E-state index contributed by atoms with van der Waals surface area (Å²) in [4.78, 5) is 0. The SMILES string of the molecule is CC(C)(C[C@H](c1ccc(Br)cc1)C1CCCCC1)S(N)=O. The molecule has 118 valence electrons. The number of hydrogen-bond donors (Lipinski definition) is 1. The van der Waals surface area contributed by atoms with Crippen molar-refractivity contribution in [2.24, 2.45) is 11.1 Å². The second kappa shape index (κ2) is 7.38. The molecule has 1 aliphatic carbocycles. The van der Waals surface area contributed by atoms with Crippen molar-refractivity contribution in [2.45, 2.75) is 63.0 Å². The lowest BCUT2D eigenvalue weighted by Gasteiger charge is -2.35. The van der Waals surface area contributed by atoms with E-state index in [4.69, 9.17) is 5.14 Å². The van der Waals surface area contributed by atoms with E-state index in [-0.39, 0.29) is 4.75 Å². The largest absolute Gasteiger partial charge is 0.251 e. The van der Waals surface area contributed by atoms with Crippen molar-refractivity contribution in [1.82, 2.24) is 0 Å². The van der Waals surface area contributed by atoms with Crippen LogP contribution in [-0.2, 0) is 11.0 Å². The third kappa shape index (κ3) is 4.64. The highest BCUT2D eigenvalue weighted by Gasteiger charge is 2.33. The zero-order chi connectivity index (χ0) is 15.5. The van der Waals surface area contributed by atoms with Crippen molar-refractivity contribution in [2.75, 3.05) is 0 Å². The molecule has 2 nitrogen and oxygen atoms in total. The number of rotatable bonds is 5. The van der Waals surface area contributed by atoms with Gasteiger partial charge < -0.3 is 0 Å². The van der Waals surface area contributed by atoms with Gasteiger partial charge in [0, 0.05) is 4.47 Å². The highest BCUT2D eigenvalue weighted by molar-refractivity contribution is 9.10. The fraction of sp³-hybridized carbons (Fsp3) is 0.647. The topological polar surface area (TPSA) is 43.1 Å². The average molecular weight is 372 g/mol. The summed E-state index contributed by atoms with van der Waals surface area (Å²) >= 11 is 3.51. The molecule has 0 spiro atoms. The number of benzene rings is 1. The van der Waals surface area contributed by atoms with Crippen LogP contribution in [-0.4, -0.2) is 8.96 Å². The van der Waals surface area contributed by atoms with E-state index in [1.54, 1.807) is 0 Å². The number of halogens is 1. The first-order valence-electron chi connectivity index (χ1n) is 7.82. The summed E-state index contributed by atoms with van der Waals surface area (Å²) in [5, 5.41) is 5.71. The molecule has 4 heteroatoms. The fourth-order valence-electron chi connectivity index (χ4n) is 3.41. The molecular weight excluding hydrogens is 346 g/mol. The molecule has 0 radical (unpaired) electrons. The van der Waals surface area contributed by atoms with E-state index in [1.165, 1.54) is 37.7 Å². The third-order valence-electron chi connectivity index (χ3n) is 4.77. The normalized spacial score (nSPS) is 20.2. The molecule has 0 amide bonds. The smallest absolute Gasteiger partial charge is 0.0945 e. The Balaban J connectivity index is 2.25. The molecule has 0 aromatic heterocycles. The highest BCUT2D eigenvalue weighted by atomic mass is 79.9. The molecule has 2 N–H and O–H groups in total. The minimum atomic E-state index is -1.29. The van der Waals surface area contributed by atoms with Crippen molar-refractivity contribution < 1.29 is 4.21 Å². The molecular formula is C17H26BrNOS. The molecule has 21 heavy (non-hydrogen) atoms. The molecule has 0 heterocycles. The predicted molar refractivity (Wildman–Crippen MR) is 94.5 cm³/mol. The van der Waals surface area contributed by atoms with Crippen molar-refractivity contribution in [3.8, 4) is 0 Å². The Hall–Kier alpha value is -0.190. The molecule has 1 fully saturated rings. The van der Waals surface area contributed by atoms with Crippen LogP contribution in [0.15, 0.2) is 28.7 Å². The van der Waals surface area contributed by atoms with Crippen LogP contribution in [0.2, 0.25) is 0 Å². The van der Waals surface area contributed by atoms with Crippen LogP contribution >= 0.6 is 15.9 Å². The predicted octanol–water partition coefficient (Wildman–Crippen LogP) is 4.90. The zero-order valence-corrected chi connectivity index (χ0v) is 15.4. The second-order valence-corrected chi connectivity index (χ2v) is 9.43. The quantitative estimate of drug-likeness (QED) is 0.785. The number of hydrogen-bond acceptors (Lipinski definition) is 1. The van der Waals surface area contributed by atoms with Crippen LogP contribution in [0.5, 0.6) is 0 Å². The third-order valence-corrected chi connectivity index (χ3v) is 6.56. The molecule has 1 aliphatic rings. The van der Waals surface area contributed by atoms with E-state index in [0.29, 0.717) is 11.8 Å². The van der Waals surface area contributed by atoms with Crippen molar-refractivity contribution >= 4 is 26.9 Å². The summed E-state index contributed by atoms with van der Waals surface area (Å²) in [5.74, 6) is 1.16. The Labute approximate surface area is 139 Å². The maximum atomic E-state index is 11.9. The minimum absolute atomic E-state index is 0.338. The summed E-state index contributed by atoms with van der Waals surface area (Å²) in [6.07, 6.45) is 7.47. The van der Waals surface area contributed by atoms with Gasteiger partial charge in [0.2, 0.25) is 0 Å². The summed E-state index contributed by atoms with van der Waals surface area (Å²) in [6.45, 7) is 4.05. The van der Waals surface area contributed by atoms with Gasteiger partial charge in [-0.15, -0.1) is 0 Å². The van der Waals surface area contributed by atoms with Gasteiger partial charge in [-0.3, -0.25) is 5.14 Å². The van der Waals surface area contributed by atoms with Gasteiger partial charge in [-0.1, -0.05) is 47.3 Å². The van der Waals surface area contributed by atoms with E-state index in [0.717, 1.165) is 10.9 Å². The zero-order valence-electron chi connectivity index (χ0n) is 13.0. The molecule has 1 aromatic rings. The first-order valence-corrected chi connectivity index (χ1v) is 9.82. The van der Waals surface area contributed by atoms with E-state index in [1.807, 2.05) is 13.8 Å². The van der Waals surface area contributed by atoms with E-state index >= 15 is 0 Å². The first-order chi connectivity index (χ1) is 9.90. The van der Waals surface area contributed by atoms with Crippen molar-refractivity contribution in [1.29, 1.82) is 0 Å². The van der Waals surface area contributed by atoms with Crippen LogP contribution in [0.3, 0.4) is 0 Å². The van der Waals surface area contributed by atoms with Crippen molar-refractivity contribution in [3.05, 3.63) is 34.3 Å². The molecule has 1 unspecified atom stereocenters. The first kappa shape index (κ1) is 17.2. The Morgan fingerprint density at radius 1 is 1.24 bits per heavy atom. The lowest BCUT2D eigenvalue weighted by molar-refractivity contribution is 0.282. The maximum Gasteiger partial charge on any atom is 0.0945 e. The lowest BCUT2D eigenvalue weighted by Crippen LogP contribution is -2.35. The summed E-state index contributed by atoms with van der Waals surface area (Å²) in [7, 11) is -1.29. The Kier molecular flexibility index (Phi) is 6.04. The van der Waals surface area contributed by atoms with Crippen LogP contribution < -0.4 is 5.14 Å². The van der Waals surface area contributed by atoms with Crippen LogP contribution in [0.4, 0.5) is 0 Å². The highest BCUT2D eigenvalue weighted by Crippen LogP contribution is 2.41. The van der Waals surface area contributed by atoms with Gasteiger partial charge in [-0.2, -0.15) is 0 Å². The fourth-order valence-corrected chi connectivity index (χ4v) is 4.02. The molecule has 1 saturated carbocycles. The Morgan fingerprint density at radius 2 is 1.81 bits per heavy atom. The van der Waals surface area contributed by atoms with E-state index in [2.05, 4.69) is 40.2 Å². The Bertz CT molecular complexity index is 480. The second-order valence-electron chi connectivity index (χ2n) is 6.82. The van der Waals surface area contributed by atoms with Crippen LogP contribution in [0.1, 0.15) is 63.9 Å². The van der Waals surface area contributed by atoms with Gasteiger partial charge in [0.05, 0.1) is 15.7 Å². The minimum Gasteiger partial charge on any atom is -0.251 e. The van der Waals surface area contributed by atoms with Crippen LogP contribution in [0, 0.1) is 5.92 Å². The maximum absolute atomic E-state index is 11.9. The molecule has 1 aromatic carbocycles. The van der Waals surface area contributed by atoms with Crippen LogP contribution in [0.25, 0.3) is 0 Å². The van der Waals surface area contributed by atoms with Gasteiger partial charge in [-0.25, -0.2) is 4.21 Å². The standard InChI is InChI=1S/C17H26BrNOS/c1-17(2,21(19)20)12-16(13-6-4-3-5-7-13)14-8-10-15(18)11-9-14/h8-11,13,16H,3-7,12,19H2,1-2H3/t16-,21?/m0/s1. The van der Waals surface area contributed by atoms with E-state index < -0.39 is 11.0 Å². The van der Waals surface area contributed by atoms with E-state index in [9.17, 15) is 4.21 Å². The summed E-state index contributed by atoms with van der Waals surface area (Å²) < 4.78 is 12.6. The molecule has 0 saturated heterocycles. The molecule has 2 atom stereocenters.